The molecule has 0 aromatic carbocycles. The number of nitrogens with zero attached hydrogens (tertiary/aromatic N) is 5. The summed E-state index contributed by atoms with van der Waals surface area (Å²) in [5.41, 5.74) is 2.97. The number of aryl methyl sites for hydroxylation is 2. The predicted molar refractivity (Wildman–Crippen MR) is 71.3 cm³/mol. The summed E-state index contributed by atoms with van der Waals surface area (Å²) in [7, 11) is 0. The standard InChI is InChI=1S/C13H13N5O2/c1-7-4-10-14-6-15-18(10)11(5-7)17-9(3)12(13(19)20)8(2)16-17/h4-6H,1-3H3,(H,19,20). The van der Waals surface area contributed by atoms with E-state index in [0.29, 0.717) is 22.9 Å². The Morgan fingerprint density at radius 2 is 2.00 bits per heavy atom. The first-order chi connectivity index (χ1) is 9.49. The number of aromatic carboxylic acids is 1. The van der Waals surface area contributed by atoms with E-state index in [9.17, 15) is 9.90 Å². The first-order valence-corrected chi connectivity index (χ1v) is 6.09. The normalized spacial score (nSPS) is 11.2. The Bertz CT molecular complexity index is 831. The number of aromatic nitrogens is 5. The van der Waals surface area contributed by atoms with E-state index < -0.39 is 5.97 Å². The van der Waals surface area contributed by atoms with Gasteiger partial charge in [0.15, 0.2) is 11.5 Å². The van der Waals surface area contributed by atoms with Gasteiger partial charge < -0.3 is 5.11 Å². The van der Waals surface area contributed by atoms with Crippen LogP contribution >= 0.6 is 0 Å². The molecule has 0 fully saturated rings. The van der Waals surface area contributed by atoms with Crippen LogP contribution in [0, 0.1) is 20.8 Å². The molecule has 3 rings (SSSR count). The molecule has 0 aliphatic rings. The Kier molecular flexibility index (Phi) is 2.56. The largest absolute Gasteiger partial charge is 0.478 e. The Balaban J connectivity index is 2.34. The lowest BCUT2D eigenvalue weighted by molar-refractivity contribution is 0.0695. The molecule has 1 N–H and O–H groups in total. The second-order valence-corrected chi connectivity index (χ2v) is 4.68. The lowest BCUT2D eigenvalue weighted by atomic mass is 10.2. The molecule has 0 atom stereocenters. The first kappa shape index (κ1) is 12.3. The molecule has 0 unspecified atom stereocenters. The van der Waals surface area contributed by atoms with Gasteiger partial charge in [-0.05, 0) is 38.5 Å². The smallest absolute Gasteiger partial charge is 0.339 e. The first-order valence-electron chi connectivity index (χ1n) is 6.09. The van der Waals surface area contributed by atoms with Crippen LogP contribution in [0.4, 0.5) is 0 Å². The minimum atomic E-state index is -0.978. The molecule has 102 valence electrons. The molecular weight excluding hydrogens is 258 g/mol. The van der Waals surface area contributed by atoms with Crippen molar-refractivity contribution < 1.29 is 9.90 Å². The summed E-state index contributed by atoms with van der Waals surface area (Å²) < 4.78 is 3.23. The molecular formula is C13H13N5O2. The molecule has 7 heteroatoms. The Labute approximate surface area is 114 Å². The number of carboxylic acid groups (broad SMARTS) is 1. The summed E-state index contributed by atoms with van der Waals surface area (Å²) in [5, 5.41) is 17.7. The summed E-state index contributed by atoms with van der Waals surface area (Å²) in [6, 6.07) is 3.80. The minimum absolute atomic E-state index is 0.222. The molecule has 7 nitrogen and oxygen atoms in total. The second kappa shape index (κ2) is 4.16. The SMILES string of the molecule is Cc1cc(-n2nc(C)c(C(=O)O)c2C)n2ncnc2c1. The number of carboxylic acids is 1. The van der Waals surface area contributed by atoms with Crippen LogP contribution in [0.2, 0.25) is 0 Å². The van der Waals surface area contributed by atoms with Crippen LogP contribution in [0.1, 0.15) is 27.3 Å². The maximum absolute atomic E-state index is 11.3. The number of hydrogen-bond donors (Lipinski definition) is 1. The summed E-state index contributed by atoms with van der Waals surface area (Å²) in [6.07, 6.45) is 1.46. The van der Waals surface area contributed by atoms with Gasteiger partial charge in [-0.2, -0.15) is 14.7 Å². The molecule has 0 aliphatic carbocycles. The quantitative estimate of drug-likeness (QED) is 0.764. The molecule has 3 aromatic heterocycles. The topological polar surface area (TPSA) is 85.3 Å². The zero-order chi connectivity index (χ0) is 14.4. The third kappa shape index (κ3) is 1.67. The molecule has 0 saturated heterocycles. The number of fused-ring (bicyclic) bond motifs is 1. The fraction of sp³-hybridized carbons (Fsp3) is 0.231. The third-order valence-electron chi connectivity index (χ3n) is 3.23. The van der Waals surface area contributed by atoms with Gasteiger partial charge in [0.2, 0.25) is 0 Å². The number of pyridine rings is 1. The van der Waals surface area contributed by atoms with Crippen molar-refractivity contribution in [2.75, 3.05) is 0 Å². The van der Waals surface area contributed by atoms with E-state index in [1.165, 1.54) is 6.33 Å². The van der Waals surface area contributed by atoms with Gasteiger partial charge in [-0.3, -0.25) is 0 Å². The van der Waals surface area contributed by atoms with Crippen LogP contribution in [0.25, 0.3) is 11.5 Å². The van der Waals surface area contributed by atoms with Crippen molar-refractivity contribution in [1.82, 2.24) is 24.4 Å². The fourth-order valence-electron chi connectivity index (χ4n) is 2.36. The van der Waals surface area contributed by atoms with Crippen LogP contribution < -0.4 is 0 Å². The maximum Gasteiger partial charge on any atom is 0.339 e. The molecule has 20 heavy (non-hydrogen) atoms. The zero-order valence-corrected chi connectivity index (χ0v) is 11.3. The molecule has 0 bridgehead atoms. The highest BCUT2D eigenvalue weighted by atomic mass is 16.4. The van der Waals surface area contributed by atoms with Crippen LogP contribution in [-0.4, -0.2) is 35.5 Å². The van der Waals surface area contributed by atoms with Crippen molar-refractivity contribution in [3.8, 4) is 5.82 Å². The monoisotopic (exact) mass is 271 g/mol. The van der Waals surface area contributed by atoms with E-state index in [2.05, 4.69) is 15.2 Å². The predicted octanol–water partition coefficient (Wildman–Crippen LogP) is 1.54. The molecule has 3 heterocycles. The lowest BCUT2D eigenvalue weighted by Crippen LogP contribution is -2.08. The van der Waals surface area contributed by atoms with Crippen molar-refractivity contribution in [2.24, 2.45) is 0 Å². The van der Waals surface area contributed by atoms with Gasteiger partial charge in [0.05, 0.1) is 11.4 Å². The summed E-state index contributed by atoms with van der Waals surface area (Å²) in [5.74, 6) is -0.306. The van der Waals surface area contributed by atoms with E-state index >= 15 is 0 Å². The van der Waals surface area contributed by atoms with E-state index in [1.807, 2.05) is 19.1 Å². The van der Waals surface area contributed by atoms with Gasteiger partial charge in [-0.25, -0.2) is 14.5 Å². The average Bonchev–Trinajstić information content (AvgIpc) is 2.92. The van der Waals surface area contributed by atoms with Crippen molar-refractivity contribution in [3.05, 3.63) is 41.0 Å². The van der Waals surface area contributed by atoms with Gasteiger partial charge in [0.25, 0.3) is 0 Å². The molecule has 0 aliphatic heterocycles. The highest BCUT2D eigenvalue weighted by Crippen LogP contribution is 2.19. The van der Waals surface area contributed by atoms with E-state index in [-0.39, 0.29) is 5.56 Å². The van der Waals surface area contributed by atoms with Crippen molar-refractivity contribution in [3.63, 3.8) is 0 Å². The van der Waals surface area contributed by atoms with Gasteiger partial charge >= 0.3 is 5.97 Å². The van der Waals surface area contributed by atoms with Crippen molar-refractivity contribution in [2.45, 2.75) is 20.8 Å². The minimum Gasteiger partial charge on any atom is -0.478 e. The van der Waals surface area contributed by atoms with Gasteiger partial charge in [0, 0.05) is 0 Å². The number of carbonyl (C=O) groups is 1. The highest BCUT2D eigenvalue weighted by molar-refractivity contribution is 5.90. The van der Waals surface area contributed by atoms with E-state index in [0.717, 1.165) is 5.56 Å². The zero-order valence-electron chi connectivity index (χ0n) is 11.3. The molecule has 0 saturated carbocycles. The maximum atomic E-state index is 11.3. The van der Waals surface area contributed by atoms with Crippen molar-refractivity contribution >= 4 is 11.6 Å². The fourth-order valence-corrected chi connectivity index (χ4v) is 2.36. The highest BCUT2D eigenvalue weighted by Gasteiger charge is 2.20. The summed E-state index contributed by atoms with van der Waals surface area (Å²) >= 11 is 0. The number of hydrogen-bond acceptors (Lipinski definition) is 4. The molecule has 3 aromatic rings. The second-order valence-electron chi connectivity index (χ2n) is 4.68. The number of rotatable bonds is 2. The van der Waals surface area contributed by atoms with Crippen LogP contribution in [0.5, 0.6) is 0 Å². The average molecular weight is 271 g/mol. The Hall–Kier alpha value is -2.70. The summed E-state index contributed by atoms with van der Waals surface area (Å²) in [6.45, 7) is 5.36. The van der Waals surface area contributed by atoms with E-state index in [4.69, 9.17) is 0 Å². The van der Waals surface area contributed by atoms with E-state index in [1.54, 1.807) is 23.0 Å². The summed E-state index contributed by atoms with van der Waals surface area (Å²) in [4.78, 5) is 15.4. The van der Waals surface area contributed by atoms with Gasteiger partial charge in [-0.1, -0.05) is 0 Å². The lowest BCUT2D eigenvalue weighted by Gasteiger charge is -2.07. The van der Waals surface area contributed by atoms with Crippen molar-refractivity contribution in [1.29, 1.82) is 0 Å². The Morgan fingerprint density at radius 1 is 1.25 bits per heavy atom. The molecule has 0 radical (unpaired) electrons. The molecule has 0 amide bonds. The van der Waals surface area contributed by atoms with Crippen LogP contribution in [-0.2, 0) is 0 Å². The molecule has 0 spiro atoms. The Morgan fingerprint density at radius 3 is 2.65 bits per heavy atom. The van der Waals surface area contributed by atoms with Crippen LogP contribution in [0.3, 0.4) is 0 Å². The van der Waals surface area contributed by atoms with Gasteiger partial charge in [0.1, 0.15) is 11.9 Å². The van der Waals surface area contributed by atoms with Crippen LogP contribution in [0.15, 0.2) is 18.5 Å². The van der Waals surface area contributed by atoms with Gasteiger partial charge in [-0.15, -0.1) is 0 Å². The third-order valence-corrected chi connectivity index (χ3v) is 3.23.